The topological polar surface area (TPSA) is 51.0 Å². The van der Waals surface area contributed by atoms with Crippen LogP contribution in [0.4, 0.5) is 5.69 Å². The number of rotatable bonds is 5. The molecule has 0 saturated heterocycles. The standard InChI is InChI=1S/C19H20NO3.C10H20.CH3.ClH.Ir/c1-22-16-9-6-15(7-10-16)20-19-4-2-3-14-5-8-17(13-18(14)19)23-12-11-21;1-6-7(2)9(4)10(5)8(6)3;;;/h5-10,21H,2-4,11-12H2,1H3;6-10H,1-5H3;1H3;1H;/q-1;;-1;;+3/p-1. The Hall–Kier alpha value is -1.39. The molecule has 0 atom stereocenters. The second kappa shape index (κ2) is 16.5. The number of halogens is 1. The van der Waals surface area contributed by atoms with Crippen molar-refractivity contribution in [2.45, 2.75) is 53.9 Å². The van der Waals surface area contributed by atoms with Crippen LogP contribution in [-0.4, -0.2) is 31.1 Å². The van der Waals surface area contributed by atoms with Gasteiger partial charge in [0.15, 0.2) is 0 Å². The molecule has 4 rings (SSSR count). The third kappa shape index (κ3) is 8.58. The van der Waals surface area contributed by atoms with Gasteiger partial charge in [-0.05, 0) is 66.0 Å². The van der Waals surface area contributed by atoms with Crippen LogP contribution < -0.4 is 9.47 Å². The van der Waals surface area contributed by atoms with E-state index in [1.165, 1.54) is 23.5 Å². The van der Waals surface area contributed by atoms with E-state index in [0.717, 1.165) is 71.6 Å². The van der Waals surface area contributed by atoms with Gasteiger partial charge in [-0.1, -0.05) is 53.5 Å². The van der Waals surface area contributed by atoms with Crippen molar-refractivity contribution in [3.05, 3.63) is 61.0 Å². The Kier molecular flexibility index (Phi) is 14.9. The number of benzene rings is 2. The zero-order valence-corrected chi connectivity index (χ0v) is 26.0. The van der Waals surface area contributed by atoms with E-state index in [1.54, 1.807) is 7.11 Å². The molecule has 6 heteroatoms. The number of nitrogens with zero attached hydrogens (tertiary/aromatic N) is 1. The van der Waals surface area contributed by atoms with Crippen LogP contribution in [0.1, 0.15) is 58.6 Å². The van der Waals surface area contributed by atoms with Crippen molar-refractivity contribution in [1.29, 1.82) is 0 Å². The summed E-state index contributed by atoms with van der Waals surface area (Å²) >= 11 is 1.47. The molecule has 202 valence electrons. The van der Waals surface area contributed by atoms with Crippen molar-refractivity contribution in [3.63, 3.8) is 0 Å². The van der Waals surface area contributed by atoms with Crippen molar-refractivity contribution in [1.82, 2.24) is 0 Å². The number of aryl methyl sites for hydroxylation is 1. The summed E-state index contributed by atoms with van der Waals surface area (Å²) in [6, 6.07) is 15.0. The molecule has 1 fully saturated rings. The molecule has 2 aromatic rings. The van der Waals surface area contributed by atoms with Gasteiger partial charge in [-0.25, -0.2) is 0 Å². The van der Waals surface area contributed by atoms with Crippen LogP contribution in [0.3, 0.4) is 0 Å². The SMILES string of the molecule is CC1C(C)C(C)C(C)C1C.COc1ccc(N=C2CCCc3ccc(OCCO)[c-]c32)cc1.[CH3-].[Cl][Ir+2]. The zero-order valence-electron chi connectivity index (χ0n) is 22.8. The van der Waals surface area contributed by atoms with Gasteiger partial charge in [-0.3, -0.25) is 0 Å². The molecular weight excluding hydrogens is 650 g/mol. The van der Waals surface area contributed by atoms with Gasteiger partial charge in [0, 0.05) is 5.75 Å². The van der Waals surface area contributed by atoms with Crippen molar-refractivity contribution >= 4 is 21.0 Å². The van der Waals surface area contributed by atoms with Gasteiger partial charge in [-0.15, -0.1) is 23.3 Å². The van der Waals surface area contributed by atoms with Gasteiger partial charge >= 0.3 is 27.5 Å². The van der Waals surface area contributed by atoms with Crippen LogP contribution in [0.2, 0.25) is 0 Å². The zero-order chi connectivity index (χ0) is 26.0. The van der Waals surface area contributed by atoms with E-state index < -0.39 is 0 Å². The van der Waals surface area contributed by atoms with E-state index in [0.29, 0.717) is 5.75 Å². The predicted octanol–water partition coefficient (Wildman–Crippen LogP) is 7.64. The predicted molar refractivity (Wildman–Crippen MR) is 148 cm³/mol. The molecule has 2 aliphatic carbocycles. The molecule has 0 spiro atoms. The first-order chi connectivity index (χ1) is 16.8. The summed E-state index contributed by atoms with van der Waals surface area (Å²) in [5.74, 6) is 6.15. The summed E-state index contributed by atoms with van der Waals surface area (Å²) in [4.78, 5) is 4.78. The normalized spacial score (nSPS) is 25.4. The van der Waals surface area contributed by atoms with Crippen molar-refractivity contribution in [2.24, 2.45) is 34.6 Å². The number of aliphatic hydroxyl groups is 1. The minimum absolute atomic E-state index is 0. The summed E-state index contributed by atoms with van der Waals surface area (Å²) in [7, 11) is 6.29. The molecule has 0 aliphatic heterocycles. The Balaban J connectivity index is 0.000000421. The minimum atomic E-state index is -0.00226. The van der Waals surface area contributed by atoms with Crippen molar-refractivity contribution in [2.75, 3.05) is 20.3 Å². The summed E-state index contributed by atoms with van der Waals surface area (Å²) in [6.07, 6.45) is 3.05. The number of fused-ring (bicyclic) bond motifs is 1. The molecular formula is C30H43ClIrNO3. The van der Waals surface area contributed by atoms with E-state index in [2.05, 4.69) is 56.3 Å². The first-order valence-corrected chi connectivity index (χ1v) is 15.5. The van der Waals surface area contributed by atoms with E-state index >= 15 is 0 Å². The molecule has 2 aliphatic rings. The Labute approximate surface area is 234 Å². The Morgan fingerprint density at radius 1 is 0.917 bits per heavy atom. The molecule has 1 saturated carbocycles. The first-order valence-electron chi connectivity index (χ1n) is 12.5. The van der Waals surface area contributed by atoms with Crippen LogP contribution in [0.15, 0.2) is 41.4 Å². The van der Waals surface area contributed by atoms with Crippen LogP contribution >= 0.6 is 9.58 Å². The second-order valence-electron chi connectivity index (χ2n) is 9.70. The summed E-state index contributed by atoms with van der Waals surface area (Å²) in [5, 5.41) is 8.88. The van der Waals surface area contributed by atoms with Gasteiger partial charge in [0.1, 0.15) is 12.4 Å². The molecule has 0 bridgehead atoms. The van der Waals surface area contributed by atoms with Crippen LogP contribution in [0.5, 0.6) is 11.5 Å². The van der Waals surface area contributed by atoms with Gasteiger partial charge in [-0.2, -0.15) is 0 Å². The maximum atomic E-state index is 8.88. The van der Waals surface area contributed by atoms with E-state index in [-0.39, 0.29) is 20.6 Å². The van der Waals surface area contributed by atoms with E-state index in [4.69, 9.17) is 19.6 Å². The molecule has 0 aromatic heterocycles. The molecule has 36 heavy (non-hydrogen) atoms. The number of aliphatic hydroxyl groups excluding tert-OH is 1. The molecule has 0 heterocycles. The maximum absolute atomic E-state index is 8.88. The van der Waals surface area contributed by atoms with Gasteiger partial charge in [0.05, 0.1) is 19.4 Å². The molecule has 0 radical (unpaired) electrons. The average molecular weight is 693 g/mol. The van der Waals surface area contributed by atoms with E-state index in [9.17, 15) is 0 Å². The number of hydrogen-bond acceptors (Lipinski definition) is 4. The molecule has 0 amide bonds. The number of aliphatic imine (C=N–C) groups is 1. The fourth-order valence-electron chi connectivity index (χ4n) is 5.10. The third-order valence-corrected chi connectivity index (χ3v) is 7.99. The fourth-order valence-corrected chi connectivity index (χ4v) is 5.10. The molecule has 1 N–H and O–H groups in total. The first kappa shape index (κ1) is 32.6. The average Bonchev–Trinajstić information content (AvgIpc) is 3.07. The molecule has 4 nitrogen and oxygen atoms in total. The Morgan fingerprint density at radius 3 is 1.97 bits per heavy atom. The van der Waals surface area contributed by atoms with Crippen LogP contribution in [0.25, 0.3) is 0 Å². The van der Waals surface area contributed by atoms with Crippen LogP contribution in [-0.2, 0) is 24.3 Å². The number of ether oxygens (including phenoxy) is 2. The Bertz CT molecular complexity index is 889. The Morgan fingerprint density at radius 2 is 1.47 bits per heavy atom. The summed E-state index contributed by atoms with van der Waals surface area (Å²) in [6.45, 7) is 12.3. The second-order valence-corrected chi connectivity index (χ2v) is 9.70. The number of hydrogen-bond donors (Lipinski definition) is 1. The van der Waals surface area contributed by atoms with Gasteiger partial charge < -0.3 is 27.0 Å². The summed E-state index contributed by atoms with van der Waals surface area (Å²) in [5.41, 5.74) is 4.22. The molecule has 0 unspecified atom stereocenters. The van der Waals surface area contributed by atoms with Gasteiger partial charge in [0.25, 0.3) is 0 Å². The monoisotopic (exact) mass is 693 g/mol. The van der Waals surface area contributed by atoms with Crippen molar-refractivity contribution in [3.8, 4) is 11.5 Å². The van der Waals surface area contributed by atoms with Crippen molar-refractivity contribution < 1.29 is 32.5 Å². The molecule has 2 aromatic carbocycles. The quantitative estimate of drug-likeness (QED) is 0.328. The van der Waals surface area contributed by atoms with E-state index in [1.807, 2.05) is 30.3 Å². The number of methoxy groups -OCH3 is 1. The van der Waals surface area contributed by atoms with Crippen LogP contribution in [0, 0.1) is 43.1 Å². The third-order valence-electron chi connectivity index (χ3n) is 7.99. The summed E-state index contributed by atoms with van der Waals surface area (Å²) < 4.78 is 10.7. The fraction of sp³-hybridized carbons (Fsp3) is 0.533. The van der Waals surface area contributed by atoms with Gasteiger partial charge in [0.2, 0.25) is 0 Å².